The number of carbonyl (C=O) groups is 2. The minimum absolute atomic E-state index is 0.105. The summed E-state index contributed by atoms with van der Waals surface area (Å²) in [7, 11) is 0. The average Bonchev–Trinajstić information content (AvgIpc) is 3.20. The van der Waals surface area contributed by atoms with Crippen LogP contribution in [0.5, 0.6) is 0 Å². The standard InChI is InChI=1S/C21H17F2N7O2/c22-13-4-5-17(16(23)9-13)29-21(32)25-10-12-2-1-3-14(8-12)28-20(31)15-6-7-30-18(15)19(24)26-11-27-30/h1-9,11H,10H2,(H,28,31)(H2,24,26,27)(H2,25,29,32). The van der Waals surface area contributed by atoms with Gasteiger partial charge in [0.15, 0.2) is 5.82 Å². The van der Waals surface area contributed by atoms with Gasteiger partial charge < -0.3 is 21.7 Å². The summed E-state index contributed by atoms with van der Waals surface area (Å²) >= 11 is 0. The van der Waals surface area contributed by atoms with E-state index in [1.54, 1.807) is 36.5 Å². The lowest BCUT2D eigenvalue weighted by Crippen LogP contribution is -2.28. The quantitative estimate of drug-likeness (QED) is 0.382. The molecule has 4 aromatic rings. The molecule has 4 rings (SSSR count). The fourth-order valence-corrected chi connectivity index (χ4v) is 3.06. The predicted octanol–water partition coefficient (Wildman–Crippen LogP) is 3.16. The number of nitrogens with zero attached hydrogens (tertiary/aromatic N) is 3. The van der Waals surface area contributed by atoms with E-state index in [4.69, 9.17) is 5.73 Å². The van der Waals surface area contributed by atoms with Crippen molar-refractivity contribution in [3.63, 3.8) is 0 Å². The Morgan fingerprint density at radius 1 is 1.06 bits per heavy atom. The largest absolute Gasteiger partial charge is 0.382 e. The Labute approximate surface area is 180 Å². The van der Waals surface area contributed by atoms with Gasteiger partial charge in [-0.2, -0.15) is 5.10 Å². The minimum Gasteiger partial charge on any atom is -0.382 e. The number of halogens is 2. The average molecular weight is 437 g/mol. The monoisotopic (exact) mass is 437 g/mol. The number of anilines is 3. The number of rotatable bonds is 5. The number of nitrogen functional groups attached to an aromatic ring is 1. The molecule has 0 spiro atoms. The zero-order valence-corrected chi connectivity index (χ0v) is 16.5. The van der Waals surface area contributed by atoms with E-state index in [-0.39, 0.29) is 18.1 Å². The molecule has 0 fully saturated rings. The molecule has 0 atom stereocenters. The smallest absolute Gasteiger partial charge is 0.319 e. The summed E-state index contributed by atoms with van der Waals surface area (Å²) in [6.45, 7) is 0.105. The van der Waals surface area contributed by atoms with E-state index in [9.17, 15) is 18.4 Å². The Morgan fingerprint density at radius 3 is 2.72 bits per heavy atom. The van der Waals surface area contributed by atoms with Crippen molar-refractivity contribution in [1.82, 2.24) is 19.9 Å². The molecular formula is C21H17F2N7O2. The van der Waals surface area contributed by atoms with Crippen LogP contribution < -0.4 is 21.7 Å². The van der Waals surface area contributed by atoms with Crippen molar-refractivity contribution in [3.8, 4) is 0 Å². The molecule has 0 saturated carbocycles. The number of hydrogen-bond donors (Lipinski definition) is 4. The molecule has 11 heteroatoms. The lowest BCUT2D eigenvalue weighted by Gasteiger charge is -2.10. The molecule has 9 nitrogen and oxygen atoms in total. The van der Waals surface area contributed by atoms with Gasteiger partial charge in [0.25, 0.3) is 5.91 Å². The summed E-state index contributed by atoms with van der Waals surface area (Å²) in [5.41, 5.74) is 7.60. The van der Waals surface area contributed by atoms with E-state index in [2.05, 4.69) is 26.0 Å². The Bertz CT molecular complexity index is 1320. The molecule has 2 aromatic carbocycles. The summed E-state index contributed by atoms with van der Waals surface area (Å²) in [5.74, 6) is -1.84. The molecule has 0 aliphatic carbocycles. The summed E-state index contributed by atoms with van der Waals surface area (Å²) in [4.78, 5) is 28.6. The van der Waals surface area contributed by atoms with Crippen LogP contribution >= 0.6 is 0 Å². The number of fused-ring (bicyclic) bond motifs is 1. The van der Waals surface area contributed by atoms with Gasteiger partial charge >= 0.3 is 6.03 Å². The van der Waals surface area contributed by atoms with Gasteiger partial charge in [-0.3, -0.25) is 4.79 Å². The second-order valence-corrected chi connectivity index (χ2v) is 6.75. The van der Waals surface area contributed by atoms with Crippen LogP contribution in [-0.4, -0.2) is 26.5 Å². The van der Waals surface area contributed by atoms with E-state index in [0.29, 0.717) is 28.4 Å². The molecule has 0 aliphatic rings. The fourth-order valence-electron chi connectivity index (χ4n) is 3.06. The summed E-state index contributed by atoms with van der Waals surface area (Å²) in [6, 6.07) is 10.6. The van der Waals surface area contributed by atoms with Crippen molar-refractivity contribution in [3.05, 3.63) is 83.8 Å². The van der Waals surface area contributed by atoms with E-state index >= 15 is 0 Å². The Hall–Kier alpha value is -4.54. The van der Waals surface area contributed by atoms with Gasteiger partial charge in [0.05, 0.1) is 11.3 Å². The van der Waals surface area contributed by atoms with Gasteiger partial charge in [0, 0.05) is 24.5 Å². The lowest BCUT2D eigenvalue weighted by atomic mass is 10.2. The fraction of sp³-hybridized carbons (Fsp3) is 0.0476. The van der Waals surface area contributed by atoms with Crippen LogP contribution in [0.4, 0.5) is 30.8 Å². The molecule has 5 N–H and O–H groups in total. The van der Waals surface area contributed by atoms with Gasteiger partial charge in [-0.15, -0.1) is 0 Å². The zero-order chi connectivity index (χ0) is 22.7. The van der Waals surface area contributed by atoms with Crippen LogP contribution in [-0.2, 0) is 6.54 Å². The topological polar surface area (TPSA) is 126 Å². The molecule has 2 heterocycles. The first kappa shape index (κ1) is 20.7. The molecule has 0 saturated heterocycles. The van der Waals surface area contributed by atoms with Gasteiger partial charge in [-0.05, 0) is 35.9 Å². The lowest BCUT2D eigenvalue weighted by molar-refractivity contribution is 0.102. The highest BCUT2D eigenvalue weighted by atomic mass is 19.1. The Balaban J connectivity index is 1.40. The van der Waals surface area contributed by atoms with Crippen molar-refractivity contribution < 1.29 is 18.4 Å². The molecule has 32 heavy (non-hydrogen) atoms. The molecular weight excluding hydrogens is 420 g/mol. The normalized spacial score (nSPS) is 10.7. The summed E-state index contributed by atoms with van der Waals surface area (Å²) in [5, 5.41) is 11.6. The molecule has 3 amide bonds. The third-order valence-electron chi connectivity index (χ3n) is 4.54. The number of carbonyl (C=O) groups excluding carboxylic acids is 2. The Kier molecular flexibility index (Phi) is 5.62. The third-order valence-corrected chi connectivity index (χ3v) is 4.54. The maximum absolute atomic E-state index is 13.6. The van der Waals surface area contributed by atoms with Crippen LogP contribution in [0.25, 0.3) is 5.52 Å². The first-order chi connectivity index (χ1) is 15.4. The van der Waals surface area contributed by atoms with Crippen molar-refractivity contribution >= 4 is 34.6 Å². The van der Waals surface area contributed by atoms with Crippen LogP contribution in [0.15, 0.2) is 61.1 Å². The molecule has 0 bridgehead atoms. The first-order valence-electron chi connectivity index (χ1n) is 9.39. The SMILES string of the molecule is Nc1ncnn2ccc(C(=O)Nc3cccc(CNC(=O)Nc4ccc(F)cc4F)c3)c12. The maximum atomic E-state index is 13.6. The van der Waals surface area contributed by atoms with E-state index < -0.39 is 23.6 Å². The van der Waals surface area contributed by atoms with Gasteiger partial charge in [-0.25, -0.2) is 23.1 Å². The van der Waals surface area contributed by atoms with Crippen LogP contribution in [0, 0.1) is 11.6 Å². The van der Waals surface area contributed by atoms with Crippen molar-refractivity contribution in [2.75, 3.05) is 16.4 Å². The van der Waals surface area contributed by atoms with Crippen LogP contribution in [0.3, 0.4) is 0 Å². The number of amides is 3. The molecule has 2 aromatic heterocycles. The third kappa shape index (κ3) is 4.46. The second-order valence-electron chi connectivity index (χ2n) is 6.75. The summed E-state index contributed by atoms with van der Waals surface area (Å²) < 4.78 is 28.1. The van der Waals surface area contributed by atoms with Crippen molar-refractivity contribution in [1.29, 1.82) is 0 Å². The van der Waals surface area contributed by atoms with Crippen molar-refractivity contribution in [2.45, 2.75) is 6.54 Å². The van der Waals surface area contributed by atoms with E-state index in [1.807, 2.05) is 0 Å². The number of nitrogens with one attached hydrogen (secondary N) is 3. The highest BCUT2D eigenvalue weighted by Gasteiger charge is 2.15. The number of benzene rings is 2. The number of urea groups is 1. The molecule has 0 radical (unpaired) electrons. The van der Waals surface area contributed by atoms with Crippen LogP contribution in [0.2, 0.25) is 0 Å². The molecule has 0 unspecified atom stereocenters. The van der Waals surface area contributed by atoms with Gasteiger partial charge in [-0.1, -0.05) is 12.1 Å². The Morgan fingerprint density at radius 2 is 1.91 bits per heavy atom. The highest BCUT2D eigenvalue weighted by Crippen LogP contribution is 2.19. The van der Waals surface area contributed by atoms with Crippen LogP contribution in [0.1, 0.15) is 15.9 Å². The highest BCUT2D eigenvalue weighted by molar-refractivity contribution is 6.10. The van der Waals surface area contributed by atoms with E-state index in [0.717, 1.165) is 12.1 Å². The van der Waals surface area contributed by atoms with Gasteiger partial charge in [0.1, 0.15) is 23.5 Å². The molecule has 162 valence electrons. The second kappa shape index (κ2) is 8.68. The number of aromatic nitrogens is 3. The van der Waals surface area contributed by atoms with Gasteiger partial charge in [0.2, 0.25) is 0 Å². The number of nitrogens with two attached hydrogens (primary N) is 1. The molecule has 0 aliphatic heterocycles. The zero-order valence-electron chi connectivity index (χ0n) is 16.5. The van der Waals surface area contributed by atoms with Crippen molar-refractivity contribution in [2.24, 2.45) is 0 Å². The summed E-state index contributed by atoms with van der Waals surface area (Å²) in [6.07, 6.45) is 2.90. The predicted molar refractivity (Wildman–Crippen MR) is 114 cm³/mol. The van der Waals surface area contributed by atoms with E-state index in [1.165, 1.54) is 10.8 Å². The minimum atomic E-state index is -0.880. The maximum Gasteiger partial charge on any atom is 0.319 e. The first-order valence-corrected chi connectivity index (χ1v) is 9.39. The number of hydrogen-bond acceptors (Lipinski definition) is 5.